The third-order valence-electron chi connectivity index (χ3n) is 0.303. The summed E-state index contributed by atoms with van der Waals surface area (Å²) < 4.78 is 0. The minimum absolute atomic E-state index is 1.53. The number of hydrogen-bond donors (Lipinski definition) is 0. The quantitative estimate of drug-likeness (QED) is 0.369. The minimum Gasteiger partial charge on any atom is 0.0720 e. The van der Waals surface area contributed by atoms with Gasteiger partial charge in [-0.3, -0.25) is 0 Å². The summed E-state index contributed by atoms with van der Waals surface area (Å²) in [6.07, 6.45) is 3.06. The van der Waals surface area contributed by atoms with E-state index in [1.54, 1.807) is 0 Å². The first-order valence-corrected chi connectivity index (χ1v) is 1.25. The fraction of sp³-hybridized carbons (Fsp3) is 0. The topological polar surface area (TPSA) is 38.8 Å². The maximum absolute atomic E-state index is 3.36. The van der Waals surface area contributed by atoms with Crippen molar-refractivity contribution in [2.45, 2.75) is 0 Å². The Labute approximate surface area is 29.4 Å². The average Bonchev–Trinajstić information content (AvgIpc) is 1.76. The first-order chi connectivity index (χ1) is 2.50. The summed E-state index contributed by atoms with van der Waals surface area (Å²) in [5, 5.41) is 6.72. The second-order valence-corrected chi connectivity index (χ2v) is 0.619. The molecule has 0 aliphatic carbocycles. The van der Waals surface area contributed by atoms with E-state index in [0.717, 1.165) is 0 Å². The Morgan fingerprint density at radius 1 is 1.20 bits per heavy atom. The SMILES string of the molecule is C1=N[N+]N=C1. The van der Waals surface area contributed by atoms with Crippen LogP contribution in [-0.4, -0.2) is 12.4 Å². The third-order valence-corrected chi connectivity index (χ3v) is 0.303. The van der Waals surface area contributed by atoms with Crippen molar-refractivity contribution in [3.05, 3.63) is 0 Å². The molecule has 0 atom stereocenters. The Bertz CT molecular complexity index is 63.0. The highest BCUT2D eigenvalue weighted by atomic mass is 15.5. The molecule has 0 spiro atoms. The van der Waals surface area contributed by atoms with Gasteiger partial charge in [-0.05, 0) is 0 Å². The molecule has 1 heterocycles. The van der Waals surface area contributed by atoms with Gasteiger partial charge in [0.25, 0.3) is 0 Å². The number of nitrogens with zero attached hydrogens (tertiary/aromatic N) is 3. The lowest BCUT2D eigenvalue weighted by Gasteiger charge is -1.30. The van der Waals surface area contributed by atoms with Gasteiger partial charge in [0.1, 0.15) is 12.4 Å². The third kappa shape index (κ3) is 0.302. The summed E-state index contributed by atoms with van der Waals surface area (Å²) in [6, 6.07) is 0. The molecule has 0 N–H and O–H groups in total. The monoisotopic (exact) mass is 68.0 g/mol. The van der Waals surface area contributed by atoms with Crippen molar-refractivity contribution in [2.24, 2.45) is 10.2 Å². The lowest BCUT2D eigenvalue weighted by atomic mass is 10.9. The molecule has 5 heavy (non-hydrogen) atoms. The second-order valence-electron chi connectivity index (χ2n) is 0.619. The molecular weight excluding hydrogens is 66.0 g/mol. The Kier molecular flexibility index (Phi) is 0.478. The van der Waals surface area contributed by atoms with Gasteiger partial charge in [-0.15, -0.1) is 0 Å². The van der Waals surface area contributed by atoms with E-state index in [2.05, 4.69) is 15.7 Å². The van der Waals surface area contributed by atoms with Crippen LogP contribution in [0.3, 0.4) is 0 Å². The van der Waals surface area contributed by atoms with Crippen LogP contribution in [0, 0.1) is 0 Å². The predicted molar refractivity (Wildman–Crippen MR) is 19.1 cm³/mol. The lowest BCUT2D eigenvalue weighted by Crippen LogP contribution is -1.68. The lowest BCUT2D eigenvalue weighted by molar-refractivity contribution is 0.816. The summed E-state index contributed by atoms with van der Waals surface area (Å²) in [4.78, 5) is 0. The van der Waals surface area contributed by atoms with Crippen molar-refractivity contribution in [1.82, 2.24) is 5.53 Å². The summed E-state index contributed by atoms with van der Waals surface area (Å²) in [6.45, 7) is 0. The van der Waals surface area contributed by atoms with Crippen LogP contribution in [0.25, 0.3) is 0 Å². The van der Waals surface area contributed by atoms with Gasteiger partial charge in [0.05, 0.1) is 10.2 Å². The Hall–Kier alpha value is -0.700. The van der Waals surface area contributed by atoms with Crippen LogP contribution < -0.4 is 5.53 Å². The van der Waals surface area contributed by atoms with Crippen molar-refractivity contribution in [1.29, 1.82) is 0 Å². The van der Waals surface area contributed by atoms with Gasteiger partial charge < -0.3 is 0 Å². The maximum Gasteiger partial charge on any atom is 0.424 e. The molecule has 0 fully saturated rings. The zero-order valence-electron chi connectivity index (χ0n) is 2.50. The summed E-state index contributed by atoms with van der Waals surface area (Å²) in [7, 11) is 0. The molecule has 1 aliphatic rings. The molecule has 0 bridgehead atoms. The van der Waals surface area contributed by atoms with Crippen LogP contribution in [0.4, 0.5) is 0 Å². The van der Waals surface area contributed by atoms with E-state index in [9.17, 15) is 0 Å². The zero-order valence-corrected chi connectivity index (χ0v) is 2.50. The Balaban J connectivity index is 2.61. The molecule has 1 aliphatic heterocycles. The molecule has 2 radical (unpaired) electrons. The van der Waals surface area contributed by atoms with Gasteiger partial charge in [-0.1, -0.05) is 0 Å². The van der Waals surface area contributed by atoms with E-state index in [1.165, 1.54) is 12.4 Å². The van der Waals surface area contributed by atoms with Crippen LogP contribution in [0.5, 0.6) is 0 Å². The Morgan fingerprint density at radius 2 is 1.80 bits per heavy atom. The predicted octanol–water partition coefficient (Wildman–Crippen LogP) is -0.424. The van der Waals surface area contributed by atoms with Crippen molar-refractivity contribution < 1.29 is 0 Å². The molecule has 24 valence electrons. The molecule has 0 unspecified atom stereocenters. The van der Waals surface area contributed by atoms with Gasteiger partial charge >= 0.3 is 5.53 Å². The molecule has 0 aromatic heterocycles. The zero-order chi connectivity index (χ0) is 3.54. The maximum atomic E-state index is 3.36. The summed E-state index contributed by atoms with van der Waals surface area (Å²) in [5.41, 5.74) is 3.22. The molecule has 3 heteroatoms. The molecular formula is C2H2N3+. The first kappa shape index (κ1) is 2.53. The van der Waals surface area contributed by atoms with Crippen molar-refractivity contribution >= 4 is 12.4 Å². The highest BCUT2D eigenvalue weighted by Crippen LogP contribution is 1.66. The number of hydrogen-bond acceptors (Lipinski definition) is 2. The van der Waals surface area contributed by atoms with Gasteiger partial charge in [-0.25, -0.2) is 0 Å². The minimum atomic E-state index is 1.53. The van der Waals surface area contributed by atoms with Gasteiger partial charge in [0, 0.05) is 0 Å². The molecule has 0 aromatic rings. The van der Waals surface area contributed by atoms with Crippen molar-refractivity contribution in [2.75, 3.05) is 0 Å². The molecule has 3 nitrogen and oxygen atoms in total. The van der Waals surface area contributed by atoms with E-state index in [0.29, 0.717) is 0 Å². The van der Waals surface area contributed by atoms with E-state index >= 15 is 0 Å². The normalized spacial score (nSPS) is 17.6. The number of rotatable bonds is 0. The molecule has 0 saturated carbocycles. The molecule has 0 saturated heterocycles. The summed E-state index contributed by atoms with van der Waals surface area (Å²) >= 11 is 0. The molecule has 0 aromatic carbocycles. The van der Waals surface area contributed by atoms with Crippen LogP contribution in [0.15, 0.2) is 10.2 Å². The van der Waals surface area contributed by atoms with Crippen LogP contribution in [0.2, 0.25) is 0 Å². The van der Waals surface area contributed by atoms with Gasteiger partial charge in [-0.2, -0.15) is 0 Å². The average molecular weight is 68.1 g/mol. The van der Waals surface area contributed by atoms with Crippen LogP contribution in [0.1, 0.15) is 0 Å². The smallest absolute Gasteiger partial charge is 0.0720 e. The van der Waals surface area contributed by atoms with Crippen molar-refractivity contribution in [3.8, 4) is 0 Å². The van der Waals surface area contributed by atoms with Crippen molar-refractivity contribution in [3.63, 3.8) is 0 Å². The van der Waals surface area contributed by atoms with Crippen LogP contribution >= 0.6 is 0 Å². The summed E-state index contributed by atoms with van der Waals surface area (Å²) in [5.74, 6) is 0. The molecule has 0 amide bonds. The van der Waals surface area contributed by atoms with Gasteiger partial charge in [0.2, 0.25) is 0 Å². The molecule has 1 rings (SSSR count). The van der Waals surface area contributed by atoms with E-state index < -0.39 is 0 Å². The fourth-order valence-electron chi connectivity index (χ4n) is 0.149. The first-order valence-electron chi connectivity index (χ1n) is 1.25. The highest BCUT2D eigenvalue weighted by molar-refractivity contribution is 6.16. The highest BCUT2D eigenvalue weighted by Gasteiger charge is 1.97. The van der Waals surface area contributed by atoms with Gasteiger partial charge in [0.15, 0.2) is 0 Å². The standard InChI is InChI=1S/C2H2N3/c1-2-4-5-3-1/h1-2H/q+1. The van der Waals surface area contributed by atoms with E-state index in [1.807, 2.05) is 0 Å². The largest absolute Gasteiger partial charge is 0.424 e. The Morgan fingerprint density at radius 3 is 2.00 bits per heavy atom. The van der Waals surface area contributed by atoms with Crippen LogP contribution in [-0.2, 0) is 0 Å². The second kappa shape index (κ2) is 0.944. The van der Waals surface area contributed by atoms with E-state index in [4.69, 9.17) is 0 Å². The van der Waals surface area contributed by atoms with E-state index in [-0.39, 0.29) is 0 Å². The fourth-order valence-corrected chi connectivity index (χ4v) is 0.149.